The highest BCUT2D eigenvalue weighted by atomic mass is 32.1. The molecule has 0 saturated carbocycles. The molecule has 114 valence electrons. The monoisotopic (exact) mass is 308 g/mol. The van der Waals surface area contributed by atoms with Crippen LogP contribution in [0.3, 0.4) is 0 Å². The fraction of sp³-hybridized carbons (Fsp3) is 0.600. The molecule has 3 atom stereocenters. The van der Waals surface area contributed by atoms with Crippen molar-refractivity contribution in [1.29, 1.82) is 0 Å². The second-order valence-corrected chi connectivity index (χ2v) is 6.75. The molecule has 2 aliphatic heterocycles. The van der Waals surface area contributed by atoms with Crippen LogP contribution in [-0.4, -0.2) is 60.5 Å². The van der Waals surface area contributed by atoms with E-state index in [0.717, 1.165) is 24.3 Å². The molecule has 0 aliphatic carbocycles. The second kappa shape index (κ2) is 5.77. The number of amides is 2. The van der Waals surface area contributed by atoms with Crippen LogP contribution in [0.2, 0.25) is 0 Å². The Morgan fingerprint density at radius 2 is 2.14 bits per heavy atom. The first-order valence-electron chi connectivity index (χ1n) is 7.29. The molecule has 3 rings (SSSR count). The lowest BCUT2D eigenvalue weighted by molar-refractivity contribution is -0.151. The van der Waals surface area contributed by atoms with E-state index < -0.39 is 0 Å². The predicted octanol–water partition coefficient (Wildman–Crippen LogP) is 1.60. The van der Waals surface area contributed by atoms with Crippen molar-refractivity contribution in [3.8, 4) is 0 Å². The minimum Gasteiger partial charge on any atom is -0.363 e. The molecule has 2 saturated heterocycles. The second-order valence-electron chi connectivity index (χ2n) is 5.81. The minimum atomic E-state index is -0.349. The summed E-state index contributed by atoms with van der Waals surface area (Å²) in [6.07, 6.45) is 1.99. The maximum atomic E-state index is 12.5. The van der Waals surface area contributed by atoms with Crippen LogP contribution >= 0.6 is 11.3 Å². The number of carbonyl (C=O) groups excluding carboxylic acids is 2. The van der Waals surface area contributed by atoms with Gasteiger partial charge in [0.25, 0.3) is 11.8 Å². The van der Waals surface area contributed by atoms with E-state index in [1.54, 1.807) is 19.0 Å². The zero-order chi connectivity index (χ0) is 15.0. The first kappa shape index (κ1) is 14.5. The number of hydrogen-bond donors (Lipinski definition) is 0. The molecule has 2 amide bonds. The van der Waals surface area contributed by atoms with Gasteiger partial charge in [0.05, 0.1) is 17.0 Å². The first-order valence-corrected chi connectivity index (χ1v) is 8.17. The lowest BCUT2D eigenvalue weighted by Gasteiger charge is -2.36. The average Bonchev–Trinajstić information content (AvgIpc) is 3.14. The summed E-state index contributed by atoms with van der Waals surface area (Å²) in [5, 5.41) is 1.92. The molecule has 0 spiro atoms. The summed E-state index contributed by atoms with van der Waals surface area (Å²) in [5.74, 6) is 0.120. The smallest absolute Gasteiger partial charge is 0.264 e. The molecular weight excluding hydrogens is 288 g/mol. The van der Waals surface area contributed by atoms with Gasteiger partial charge in [-0.1, -0.05) is 6.07 Å². The fourth-order valence-corrected chi connectivity index (χ4v) is 3.87. The third-order valence-corrected chi connectivity index (χ3v) is 5.11. The summed E-state index contributed by atoms with van der Waals surface area (Å²) in [4.78, 5) is 28.8. The van der Waals surface area contributed by atoms with E-state index in [9.17, 15) is 9.59 Å². The molecule has 2 aliphatic rings. The fourth-order valence-electron chi connectivity index (χ4n) is 3.19. The standard InChI is InChI=1S/C15H20N2O3S/c1-16(2)14(18)12-6-5-10-11(20-12)7-8-17(10)15(19)13-4-3-9-21-13/h3-4,9-12H,5-8H2,1-2H3/t10-,11-,12-/m1/s1. The molecule has 0 unspecified atom stereocenters. The Morgan fingerprint density at radius 3 is 2.81 bits per heavy atom. The van der Waals surface area contributed by atoms with Crippen LogP contribution in [0.15, 0.2) is 17.5 Å². The Hall–Kier alpha value is -1.40. The number of carbonyl (C=O) groups is 2. The normalized spacial score (nSPS) is 28.3. The van der Waals surface area contributed by atoms with Crippen LogP contribution in [0.4, 0.5) is 0 Å². The van der Waals surface area contributed by atoms with Gasteiger partial charge < -0.3 is 14.5 Å². The van der Waals surface area contributed by atoms with Gasteiger partial charge in [0.15, 0.2) is 0 Å². The van der Waals surface area contributed by atoms with E-state index in [2.05, 4.69) is 0 Å². The number of hydrogen-bond acceptors (Lipinski definition) is 4. The quantitative estimate of drug-likeness (QED) is 0.834. The summed E-state index contributed by atoms with van der Waals surface area (Å²) >= 11 is 1.47. The Bertz CT molecular complexity index is 529. The van der Waals surface area contributed by atoms with Crippen LogP contribution in [0.5, 0.6) is 0 Å². The number of thiophene rings is 1. The van der Waals surface area contributed by atoms with Crippen LogP contribution in [0.1, 0.15) is 28.9 Å². The van der Waals surface area contributed by atoms with Crippen molar-refractivity contribution in [2.75, 3.05) is 20.6 Å². The first-order chi connectivity index (χ1) is 10.1. The summed E-state index contributed by atoms with van der Waals surface area (Å²) in [6.45, 7) is 0.717. The zero-order valence-electron chi connectivity index (χ0n) is 12.3. The third kappa shape index (κ3) is 2.70. The molecule has 1 aromatic rings. The molecule has 6 heteroatoms. The summed E-state index contributed by atoms with van der Waals surface area (Å²) in [6, 6.07) is 3.88. The molecular formula is C15H20N2O3S. The van der Waals surface area contributed by atoms with Gasteiger partial charge in [0.1, 0.15) is 6.10 Å². The van der Waals surface area contributed by atoms with E-state index in [1.165, 1.54) is 11.3 Å². The van der Waals surface area contributed by atoms with E-state index in [1.807, 2.05) is 22.4 Å². The van der Waals surface area contributed by atoms with Crippen molar-refractivity contribution in [3.63, 3.8) is 0 Å². The van der Waals surface area contributed by atoms with Crippen molar-refractivity contribution in [3.05, 3.63) is 22.4 Å². The Balaban J connectivity index is 1.67. The maximum absolute atomic E-state index is 12.5. The highest BCUT2D eigenvalue weighted by Gasteiger charge is 2.44. The van der Waals surface area contributed by atoms with Crippen molar-refractivity contribution in [2.45, 2.75) is 37.5 Å². The molecule has 3 heterocycles. The lowest BCUT2D eigenvalue weighted by atomic mass is 9.98. The molecule has 1 aromatic heterocycles. The molecule has 2 fully saturated rings. The van der Waals surface area contributed by atoms with E-state index >= 15 is 0 Å². The molecule has 5 nitrogen and oxygen atoms in total. The zero-order valence-corrected chi connectivity index (χ0v) is 13.1. The molecule has 0 radical (unpaired) electrons. The summed E-state index contributed by atoms with van der Waals surface area (Å²) < 4.78 is 5.95. The van der Waals surface area contributed by atoms with Crippen molar-refractivity contribution in [2.24, 2.45) is 0 Å². The Morgan fingerprint density at radius 1 is 1.33 bits per heavy atom. The number of fused-ring (bicyclic) bond motifs is 1. The molecule has 0 N–H and O–H groups in total. The number of rotatable bonds is 2. The lowest BCUT2D eigenvalue weighted by Crippen LogP contribution is -2.48. The van der Waals surface area contributed by atoms with Crippen LogP contribution in [-0.2, 0) is 9.53 Å². The SMILES string of the molecule is CN(C)C(=O)[C@H]1CC[C@@H]2[C@@H](CCN2C(=O)c2cccs2)O1. The van der Waals surface area contributed by atoms with Gasteiger partial charge in [-0.2, -0.15) is 0 Å². The number of ether oxygens (including phenoxy) is 1. The third-order valence-electron chi connectivity index (χ3n) is 4.26. The number of likely N-dealkylation sites (N-methyl/N-ethyl adjacent to an activating group) is 1. The molecule has 0 bridgehead atoms. The summed E-state index contributed by atoms with van der Waals surface area (Å²) in [7, 11) is 3.50. The highest BCUT2D eigenvalue weighted by molar-refractivity contribution is 7.12. The Labute approximate surface area is 128 Å². The van der Waals surface area contributed by atoms with Crippen LogP contribution < -0.4 is 0 Å². The van der Waals surface area contributed by atoms with Gasteiger partial charge in [-0.05, 0) is 30.7 Å². The van der Waals surface area contributed by atoms with Crippen LogP contribution in [0, 0.1) is 0 Å². The predicted molar refractivity (Wildman–Crippen MR) is 80.3 cm³/mol. The Kier molecular flexibility index (Phi) is 3.99. The van der Waals surface area contributed by atoms with Gasteiger partial charge in [0, 0.05) is 20.6 Å². The molecule has 21 heavy (non-hydrogen) atoms. The maximum Gasteiger partial charge on any atom is 0.264 e. The van der Waals surface area contributed by atoms with Gasteiger partial charge >= 0.3 is 0 Å². The summed E-state index contributed by atoms with van der Waals surface area (Å²) in [5.41, 5.74) is 0. The molecule has 0 aromatic carbocycles. The van der Waals surface area contributed by atoms with E-state index in [4.69, 9.17) is 4.74 Å². The topological polar surface area (TPSA) is 49.9 Å². The van der Waals surface area contributed by atoms with Crippen molar-refractivity contribution < 1.29 is 14.3 Å². The number of likely N-dealkylation sites (tertiary alicyclic amines) is 1. The number of nitrogens with zero attached hydrogens (tertiary/aromatic N) is 2. The highest BCUT2D eigenvalue weighted by Crippen LogP contribution is 2.33. The van der Waals surface area contributed by atoms with Gasteiger partial charge in [-0.3, -0.25) is 9.59 Å². The van der Waals surface area contributed by atoms with Crippen LogP contribution in [0.25, 0.3) is 0 Å². The van der Waals surface area contributed by atoms with Gasteiger partial charge in [0.2, 0.25) is 0 Å². The van der Waals surface area contributed by atoms with Gasteiger partial charge in [-0.15, -0.1) is 11.3 Å². The minimum absolute atomic E-state index is 0.00318. The van der Waals surface area contributed by atoms with Crippen molar-refractivity contribution >= 4 is 23.2 Å². The van der Waals surface area contributed by atoms with E-state index in [0.29, 0.717) is 6.42 Å². The average molecular weight is 308 g/mol. The largest absolute Gasteiger partial charge is 0.363 e. The van der Waals surface area contributed by atoms with Crippen molar-refractivity contribution in [1.82, 2.24) is 9.80 Å². The van der Waals surface area contributed by atoms with Gasteiger partial charge in [-0.25, -0.2) is 0 Å². The van der Waals surface area contributed by atoms with E-state index in [-0.39, 0.29) is 30.1 Å².